The second kappa shape index (κ2) is 5.53. The van der Waals surface area contributed by atoms with Crippen molar-refractivity contribution in [2.45, 2.75) is 32.4 Å². The number of carboxylic acids is 1. The highest BCUT2D eigenvalue weighted by molar-refractivity contribution is 5.78. The molecule has 2 unspecified atom stereocenters. The molecule has 0 heterocycles. The van der Waals surface area contributed by atoms with E-state index in [9.17, 15) is 9.59 Å². The minimum Gasteiger partial charge on any atom is -0.480 e. The maximum absolute atomic E-state index is 11.0. The Hall–Kier alpha value is -1.10. The van der Waals surface area contributed by atoms with Gasteiger partial charge in [-0.3, -0.25) is 14.9 Å². The van der Waals surface area contributed by atoms with Gasteiger partial charge in [-0.15, -0.1) is 0 Å². The van der Waals surface area contributed by atoms with Gasteiger partial charge in [-0.05, 0) is 13.3 Å². The molecule has 0 aliphatic carbocycles. The first kappa shape index (κ1) is 11.9. The van der Waals surface area contributed by atoms with Gasteiger partial charge in [-0.25, -0.2) is 0 Å². The topological polar surface area (TPSA) is 75.6 Å². The van der Waals surface area contributed by atoms with E-state index in [-0.39, 0.29) is 0 Å². The molecule has 0 fully saturated rings. The first-order valence-corrected chi connectivity index (χ1v) is 4.09. The van der Waals surface area contributed by atoms with Gasteiger partial charge >= 0.3 is 11.9 Å². The van der Waals surface area contributed by atoms with Crippen LogP contribution in [0.1, 0.15) is 20.3 Å². The van der Waals surface area contributed by atoms with Crippen molar-refractivity contribution >= 4 is 11.9 Å². The zero-order chi connectivity index (χ0) is 10.4. The van der Waals surface area contributed by atoms with Gasteiger partial charge in [0.25, 0.3) is 0 Å². The van der Waals surface area contributed by atoms with Gasteiger partial charge in [-0.1, -0.05) is 6.92 Å². The number of rotatable bonds is 5. The van der Waals surface area contributed by atoms with Gasteiger partial charge in [-0.2, -0.15) is 0 Å². The van der Waals surface area contributed by atoms with Crippen molar-refractivity contribution in [3.05, 3.63) is 0 Å². The number of hydrogen-bond donors (Lipinski definition) is 2. The number of nitrogens with one attached hydrogen (secondary N) is 1. The lowest BCUT2D eigenvalue weighted by atomic mass is 10.2. The summed E-state index contributed by atoms with van der Waals surface area (Å²) in [7, 11) is 1.28. The molecule has 0 bridgehead atoms. The smallest absolute Gasteiger partial charge is 0.322 e. The number of carbonyl (C=O) groups is 2. The van der Waals surface area contributed by atoms with Gasteiger partial charge in [0.2, 0.25) is 0 Å². The Morgan fingerprint density at radius 2 is 2.08 bits per heavy atom. The van der Waals surface area contributed by atoms with Crippen LogP contribution in [0.15, 0.2) is 0 Å². The Morgan fingerprint density at radius 1 is 1.54 bits per heavy atom. The first-order chi connectivity index (χ1) is 6.02. The largest absolute Gasteiger partial charge is 0.480 e. The van der Waals surface area contributed by atoms with Crippen LogP contribution in [0.5, 0.6) is 0 Å². The zero-order valence-corrected chi connectivity index (χ0v) is 8.03. The van der Waals surface area contributed by atoms with E-state index in [0.717, 1.165) is 0 Å². The molecule has 76 valence electrons. The van der Waals surface area contributed by atoms with Crippen LogP contribution in [-0.2, 0) is 14.3 Å². The average molecular weight is 189 g/mol. The monoisotopic (exact) mass is 189 g/mol. The molecular weight excluding hydrogens is 174 g/mol. The van der Waals surface area contributed by atoms with Crippen LogP contribution in [0.3, 0.4) is 0 Å². The van der Waals surface area contributed by atoms with Crippen LogP contribution in [0, 0.1) is 0 Å². The molecule has 2 atom stereocenters. The molecule has 0 aromatic carbocycles. The van der Waals surface area contributed by atoms with E-state index in [1.807, 2.05) is 0 Å². The number of methoxy groups -OCH3 is 1. The Kier molecular flexibility index (Phi) is 5.06. The van der Waals surface area contributed by atoms with E-state index >= 15 is 0 Å². The predicted molar refractivity (Wildman–Crippen MR) is 46.3 cm³/mol. The summed E-state index contributed by atoms with van der Waals surface area (Å²) >= 11 is 0. The second-order valence-electron chi connectivity index (χ2n) is 2.71. The number of carbonyl (C=O) groups excluding carboxylic acids is 1. The van der Waals surface area contributed by atoms with Crippen molar-refractivity contribution in [3.63, 3.8) is 0 Å². The van der Waals surface area contributed by atoms with Crippen molar-refractivity contribution in [2.24, 2.45) is 0 Å². The van der Waals surface area contributed by atoms with Crippen LogP contribution < -0.4 is 5.32 Å². The summed E-state index contributed by atoms with van der Waals surface area (Å²) in [6, 6.07) is -1.29. The molecule has 0 aromatic rings. The molecule has 0 aliphatic heterocycles. The van der Waals surface area contributed by atoms with Gasteiger partial charge in [0.05, 0.1) is 7.11 Å². The van der Waals surface area contributed by atoms with Crippen molar-refractivity contribution in [3.8, 4) is 0 Å². The van der Waals surface area contributed by atoms with Gasteiger partial charge in [0, 0.05) is 0 Å². The lowest BCUT2D eigenvalue weighted by Crippen LogP contribution is -2.45. The summed E-state index contributed by atoms with van der Waals surface area (Å²) in [6.07, 6.45) is 0.504. The van der Waals surface area contributed by atoms with E-state index in [4.69, 9.17) is 5.11 Å². The number of hydrogen-bond acceptors (Lipinski definition) is 4. The molecule has 0 aliphatic rings. The first-order valence-electron chi connectivity index (χ1n) is 4.09. The summed E-state index contributed by atoms with van der Waals surface area (Å²) in [6.45, 7) is 3.26. The molecule has 13 heavy (non-hydrogen) atoms. The highest BCUT2D eigenvalue weighted by Crippen LogP contribution is 1.96. The average Bonchev–Trinajstić information content (AvgIpc) is 2.12. The summed E-state index contributed by atoms with van der Waals surface area (Å²) in [4.78, 5) is 21.5. The normalized spacial score (nSPS) is 14.7. The molecular formula is C8H15NO4. The zero-order valence-electron chi connectivity index (χ0n) is 8.03. The fourth-order valence-corrected chi connectivity index (χ4v) is 0.868. The minimum atomic E-state index is -0.984. The van der Waals surface area contributed by atoms with Crippen LogP contribution in [0.2, 0.25) is 0 Å². The van der Waals surface area contributed by atoms with Crippen molar-refractivity contribution in [1.82, 2.24) is 5.32 Å². The lowest BCUT2D eigenvalue weighted by molar-refractivity contribution is -0.144. The maximum atomic E-state index is 11.0. The molecule has 0 saturated carbocycles. The van der Waals surface area contributed by atoms with E-state index in [1.165, 1.54) is 14.0 Å². The predicted octanol–water partition coefficient (Wildman–Crippen LogP) is 0.000700. The van der Waals surface area contributed by atoms with Crippen molar-refractivity contribution < 1.29 is 19.4 Å². The molecule has 2 N–H and O–H groups in total. The standard InChI is InChI=1S/C8H15NO4/c1-4-6(8(12)13-3)9-5(2)7(10)11/h5-6,9H,4H2,1-3H3,(H,10,11). The minimum absolute atomic E-state index is 0.435. The molecule has 5 nitrogen and oxygen atoms in total. The molecule has 0 amide bonds. The molecule has 0 rings (SSSR count). The Labute approximate surface area is 77.1 Å². The molecule has 0 saturated heterocycles. The third-order valence-electron chi connectivity index (χ3n) is 1.72. The Morgan fingerprint density at radius 3 is 2.38 bits per heavy atom. The highest BCUT2D eigenvalue weighted by atomic mass is 16.5. The fourth-order valence-electron chi connectivity index (χ4n) is 0.868. The van der Waals surface area contributed by atoms with E-state index in [1.54, 1.807) is 6.92 Å². The van der Waals surface area contributed by atoms with Crippen LogP contribution >= 0.6 is 0 Å². The Balaban J connectivity index is 4.12. The third-order valence-corrected chi connectivity index (χ3v) is 1.72. The van der Waals surface area contributed by atoms with Crippen LogP contribution in [0.25, 0.3) is 0 Å². The summed E-state index contributed by atoms with van der Waals surface area (Å²) in [5.74, 6) is -1.42. The lowest BCUT2D eigenvalue weighted by Gasteiger charge is -2.16. The molecule has 0 spiro atoms. The van der Waals surface area contributed by atoms with Gasteiger partial charge < -0.3 is 9.84 Å². The van der Waals surface area contributed by atoms with Crippen LogP contribution in [-0.4, -0.2) is 36.2 Å². The SMILES string of the molecule is CCC(NC(C)C(=O)O)C(=O)OC. The molecule has 0 radical (unpaired) electrons. The summed E-state index contributed by atoms with van der Waals surface area (Å²) in [5.41, 5.74) is 0. The number of esters is 1. The van der Waals surface area contributed by atoms with Crippen molar-refractivity contribution in [2.75, 3.05) is 7.11 Å². The van der Waals surface area contributed by atoms with E-state index in [0.29, 0.717) is 6.42 Å². The maximum Gasteiger partial charge on any atom is 0.322 e. The van der Waals surface area contributed by atoms with Crippen molar-refractivity contribution in [1.29, 1.82) is 0 Å². The number of carboxylic acid groups (broad SMARTS) is 1. The summed E-state index contributed by atoms with van der Waals surface area (Å²) in [5, 5.41) is 11.2. The van der Waals surface area contributed by atoms with Crippen LogP contribution in [0.4, 0.5) is 0 Å². The third kappa shape index (κ3) is 3.89. The van der Waals surface area contributed by atoms with E-state index in [2.05, 4.69) is 10.1 Å². The number of aliphatic carboxylic acids is 1. The highest BCUT2D eigenvalue weighted by Gasteiger charge is 2.21. The summed E-state index contributed by atoms with van der Waals surface area (Å²) < 4.78 is 4.49. The molecule has 5 heteroatoms. The molecule has 0 aromatic heterocycles. The fraction of sp³-hybridized carbons (Fsp3) is 0.750. The quantitative estimate of drug-likeness (QED) is 0.595. The van der Waals surface area contributed by atoms with Gasteiger partial charge in [0.1, 0.15) is 12.1 Å². The van der Waals surface area contributed by atoms with Gasteiger partial charge in [0.15, 0.2) is 0 Å². The number of ether oxygens (including phenoxy) is 1. The second-order valence-corrected chi connectivity index (χ2v) is 2.71. The van der Waals surface area contributed by atoms with E-state index < -0.39 is 24.0 Å². The Bertz CT molecular complexity index is 193.